The van der Waals surface area contributed by atoms with Crippen molar-refractivity contribution in [3.05, 3.63) is 34.6 Å². The molecule has 1 aromatic heterocycles. The van der Waals surface area contributed by atoms with Gasteiger partial charge in [-0.25, -0.2) is 4.98 Å². The second-order valence-corrected chi connectivity index (χ2v) is 3.77. The van der Waals surface area contributed by atoms with Gasteiger partial charge in [-0.2, -0.15) is 13.2 Å². The molecule has 2 nitrogen and oxygen atoms in total. The van der Waals surface area contributed by atoms with Gasteiger partial charge < -0.3 is 5.32 Å². The topological polar surface area (TPSA) is 24.9 Å². The Labute approximate surface area is 103 Å². The van der Waals surface area contributed by atoms with E-state index >= 15 is 0 Å². The molecule has 1 N–H and O–H groups in total. The number of nitrogens with one attached hydrogen (secondary N) is 1. The minimum atomic E-state index is -4.42. The summed E-state index contributed by atoms with van der Waals surface area (Å²) in [5, 5.41) is 2.95. The molecule has 6 heteroatoms. The molecule has 0 atom stereocenters. The van der Waals surface area contributed by atoms with Gasteiger partial charge in [-0.1, -0.05) is 23.8 Å². The van der Waals surface area contributed by atoms with E-state index in [0.29, 0.717) is 13.0 Å². The molecule has 0 saturated carbocycles. The van der Waals surface area contributed by atoms with E-state index in [4.69, 9.17) is 11.6 Å². The van der Waals surface area contributed by atoms with E-state index in [9.17, 15) is 13.2 Å². The van der Waals surface area contributed by atoms with Crippen LogP contribution in [0, 0.1) is 0 Å². The number of aromatic nitrogens is 1. The normalized spacial score (nSPS) is 12.3. The van der Waals surface area contributed by atoms with Crippen LogP contribution in [-0.2, 0) is 6.18 Å². The lowest BCUT2D eigenvalue weighted by Crippen LogP contribution is -2.08. The maximum atomic E-state index is 12.6. The summed E-state index contributed by atoms with van der Waals surface area (Å²) in [4.78, 5) is 3.45. The summed E-state index contributed by atoms with van der Waals surface area (Å²) in [6.07, 6.45) is 0.0548. The Balaban J connectivity index is 2.96. The fourth-order valence-electron chi connectivity index (χ4n) is 1.26. The first-order chi connectivity index (χ1) is 7.95. The van der Waals surface area contributed by atoms with Crippen LogP contribution in [0.2, 0.25) is 5.15 Å². The molecule has 0 radical (unpaired) electrons. The van der Waals surface area contributed by atoms with Gasteiger partial charge >= 0.3 is 6.18 Å². The predicted octanol–water partition coefficient (Wildman–Crippen LogP) is 3.38. The molecule has 0 unspecified atom stereocenters. The molecule has 0 saturated heterocycles. The first-order valence-corrected chi connectivity index (χ1v) is 5.37. The summed E-state index contributed by atoms with van der Waals surface area (Å²) in [6.45, 7) is 0.705. The summed E-state index contributed by atoms with van der Waals surface area (Å²) in [6, 6.07) is 1.21. The third kappa shape index (κ3) is 4.36. The van der Waals surface area contributed by atoms with E-state index in [1.54, 1.807) is 13.1 Å². The van der Waals surface area contributed by atoms with Gasteiger partial charge in [0.05, 0.1) is 5.56 Å². The molecule has 1 rings (SSSR count). The number of nitrogens with zero attached hydrogens (tertiary/aromatic N) is 1. The summed E-state index contributed by atoms with van der Waals surface area (Å²) in [7, 11) is 1.78. The summed E-state index contributed by atoms with van der Waals surface area (Å²) >= 11 is 5.58. The second-order valence-electron chi connectivity index (χ2n) is 3.39. The van der Waals surface area contributed by atoms with Crippen molar-refractivity contribution in [3.63, 3.8) is 0 Å². The first-order valence-electron chi connectivity index (χ1n) is 4.99. The minimum absolute atomic E-state index is 0.0357. The number of rotatable bonds is 4. The number of pyridine rings is 1. The predicted molar refractivity (Wildman–Crippen MR) is 61.8 cm³/mol. The van der Waals surface area contributed by atoms with Gasteiger partial charge in [-0.3, -0.25) is 0 Å². The highest BCUT2D eigenvalue weighted by atomic mass is 35.5. The summed E-state index contributed by atoms with van der Waals surface area (Å²) in [5.74, 6) is 0. The van der Waals surface area contributed by atoms with Crippen molar-refractivity contribution in [2.24, 2.45) is 0 Å². The smallest absolute Gasteiger partial charge is 0.319 e. The molecule has 94 valence electrons. The largest absolute Gasteiger partial charge is 0.418 e. The minimum Gasteiger partial charge on any atom is -0.319 e. The zero-order valence-corrected chi connectivity index (χ0v) is 9.94. The van der Waals surface area contributed by atoms with Crippen LogP contribution < -0.4 is 5.32 Å². The lowest BCUT2D eigenvalue weighted by Gasteiger charge is -2.09. The van der Waals surface area contributed by atoms with E-state index in [1.165, 1.54) is 12.1 Å². The number of hydrogen-bond acceptors (Lipinski definition) is 2. The fourth-order valence-corrected chi connectivity index (χ4v) is 1.42. The molecular formula is C11H12ClF3N2. The van der Waals surface area contributed by atoms with Crippen LogP contribution >= 0.6 is 11.6 Å². The van der Waals surface area contributed by atoms with E-state index in [-0.39, 0.29) is 10.7 Å². The van der Waals surface area contributed by atoms with Gasteiger partial charge in [-0.05, 0) is 31.6 Å². The Kier molecular flexibility index (Phi) is 4.96. The average molecular weight is 265 g/mol. The zero-order valence-electron chi connectivity index (χ0n) is 9.18. The van der Waals surface area contributed by atoms with Gasteiger partial charge in [0.1, 0.15) is 5.15 Å². The molecule has 0 aliphatic carbocycles. The van der Waals surface area contributed by atoms with Crippen LogP contribution in [-0.4, -0.2) is 18.6 Å². The van der Waals surface area contributed by atoms with Gasteiger partial charge in [0.2, 0.25) is 0 Å². The molecular weight excluding hydrogens is 253 g/mol. The zero-order chi connectivity index (χ0) is 12.9. The summed E-state index contributed by atoms with van der Waals surface area (Å²) < 4.78 is 37.9. The van der Waals surface area contributed by atoms with Crippen LogP contribution in [0.15, 0.2) is 18.3 Å². The number of hydrogen-bond donors (Lipinski definition) is 1. The molecule has 17 heavy (non-hydrogen) atoms. The van der Waals surface area contributed by atoms with Crippen molar-refractivity contribution in [2.45, 2.75) is 12.6 Å². The number of halogens is 4. The fraction of sp³-hybridized carbons (Fsp3) is 0.364. The van der Waals surface area contributed by atoms with Crippen LogP contribution in [0.5, 0.6) is 0 Å². The quantitative estimate of drug-likeness (QED) is 0.666. The molecule has 0 aromatic carbocycles. The monoisotopic (exact) mass is 264 g/mol. The van der Waals surface area contributed by atoms with Crippen LogP contribution in [0.3, 0.4) is 0 Å². The molecule has 0 fully saturated rings. The maximum absolute atomic E-state index is 12.6. The van der Waals surface area contributed by atoms with Crippen molar-refractivity contribution in [3.8, 4) is 0 Å². The second kappa shape index (κ2) is 6.02. The van der Waals surface area contributed by atoms with Crippen molar-refractivity contribution in [1.29, 1.82) is 0 Å². The average Bonchev–Trinajstić information content (AvgIpc) is 2.23. The van der Waals surface area contributed by atoms with Crippen LogP contribution in [0.1, 0.15) is 17.5 Å². The van der Waals surface area contributed by atoms with Crippen molar-refractivity contribution >= 4 is 17.7 Å². The number of alkyl halides is 3. The lowest BCUT2D eigenvalue weighted by atomic mass is 10.1. The third-order valence-corrected chi connectivity index (χ3v) is 2.27. The van der Waals surface area contributed by atoms with E-state index in [0.717, 1.165) is 6.20 Å². The lowest BCUT2D eigenvalue weighted by molar-refractivity contribution is -0.137. The van der Waals surface area contributed by atoms with Crippen LogP contribution in [0.4, 0.5) is 13.2 Å². The van der Waals surface area contributed by atoms with E-state index in [1.807, 2.05) is 0 Å². The van der Waals surface area contributed by atoms with E-state index in [2.05, 4.69) is 10.3 Å². The maximum Gasteiger partial charge on any atom is 0.418 e. The Morgan fingerprint density at radius 3 is 2.76 bits per heavy atom. The highest BCUT2D eigenvalue weighted by molar-refractivity contribution is 6.29. The Bertz CT molecular complexity index is 402. The van der Waals surface area contributed by atoms with Gasteiger partial charge in [0, 0.05) is 6.20 Å². The Hall–Kier alpha value is -1.07. The van der Waals surface area contributed by atoms with Crippen molar-refractivity contribution in [1.82, 2.24) is 10.3 Å². The Morgan fingerprint density at radius 2 is 2.18 bits per heavy atom. The van der Waals surface area contributed by atoms with Crippen molar-refractivity contribution in [2.75, 3.05) is 13.6 Å². The molecule has 0 amide bonds. The highest BCUT2D eigenvalue weighted by Gasteiger charge is 2.33. The van der Waals surface area contributed by atoms with Crippen LogP contribution in [0.25, 0.3) is 6.08 Å². The first kappa shape index (κ1) is 14.0. The molecule has 0 bridgehead atoms. The van der Waals surface area contributed by atoms with Crippen molar-refractivity contribution < 1.29 is 13.2 Å². The van der Waals surface area contributed by atoms with Gasteiger partial charge in [-0.15, -0.1) is 0 Å². The third-order valence-electron chi connectivity index (χ3n) is 2.07. The Morgan fingerprint density at radius 1 is 1.47 bits per heavy atom. The molecule has 1 aromatic rings. The van der Waals surface area contributed by atoms with E-state index < -0.39 is 11.7 Å². The van der Waals surface area contributed by atoms with Gasteiger partial charge in [0.15, 0.2) is 0 Å². The standard InChI is InChI=1S/C11H12ClF3N2/c1-16-5-3-2-4-8-6-10(12)17-7-9(8)11(13,14)15/h2,4,6-7,16H,3,5H2,1H3. The molecule has 0 aliphatic heterocycles. The molecule has 0 spiro atoms. The molecule has 0 aliphatic rings. The molecule has 1 heterocycles. The highest BCUT2D eigenvalue weighted by Crippen LogP contribution is 2.32. The SMILES string of the molecule is CNCCC=Cc1cc(Cl)ncc1C(F)(F)F. The summed E-state index contributed by atoms with van der Waals surface area (Å²) in [5.41, 5.74) is -0.740. The van der Waals surface area contributed by atoms with Gasteiger partial charge in [0.25, 0.3) is 0 Å².